The molecule has 0 aromatic heterocycles. The minimum absolute atomic E-state index is 0.0734. The number of phenolic OH excluding ortho intramolecular Hbond substituents is 1. The topological polar surface area (TPSA) is 100 Å². The number of carbonyl (C=O) groups is 2. The fourth-order valence-electron chi connectivity index (χ4n) is 2.89. The Balaban J connectivity index is 1.56. The molecule has 3 aromatic rings. The van der Waals surface area contributed by atoms with Gasteiger partial charge in [0, 0.05) is 5.54 Å². The first kappa shape index (κ1) is 21.8. The third kappa shape index (κ3) is 6.30. The van der Waals surface area contributed by atoms with Gasteiger partial charge >= 0.3 is 0 Å². The molecule has 7 nitrogen and oxygen atoms in total. The van der Waals surface area contributed by atoms with E-state index in [1.54, 1.807) is 36.4 Å². The SMILES string of the molecule is CC(C)(C)NC(=O)COc1ccc(/C=N\NC(=O)c2cc3ccccc3cc2O)cc1. The van der Waals surface area contributed by atoms with Gasteiger partial charge in [-0.05, 0) is 73.5 Å². The Morgan fingerprint density at radius 2 is 1.68 bits per heavy atom. The Hall–Kier alpha value is -3.87. The molecule has 3 aromatic carbocycles. The fourth-order valence-corrected chi connectivity index (χ4v) is 2.89. The predicted molar refractivity (Wildman–Crippen MR) is 121 cm³/mol. The van der Waals surface area contributed by atoms with Crippen LogP contribution in [0.4, 0.5) is 0 Å². The molecule has 0 aliphatic rings. The molecular formula is C24H25N3O4. The number of rotatable bonds is 6. The average Bonchev–Trinajstić information content (AvgIpc) is 2.71. The summed E-state index contributed by atoms with van der Waals surface area (Å²) in [6.45, 7) is 5.63. The molecule has 0 atom stereocenters. The second-order valence-electron chi connectivity index (χ2n) is 8.07. The van der Waals surface area contributed by atoms with Crippen LogP contribution < -0.4 is 15.5 Å². The lowest BCUT2D eigenvalue weighted by molar-refractivity contribution is -0.124. The fraction of sp³-hybridized carbons (Fsp3) is 0.208. The zero-order valence-electron chi connectivity index (χ0n) is 17.7. The highest BCUT2D eigenvalue weighted by atomic mass is 16.5. The van der Waals surface area contributed by atoms with E-state index in [1.807, 2.05) is 45.0 Å². The Kier molecular flexibility index (Phi) is 6.55. The van der Waals surface area contributed by atoms with Crippen LogP contribution in [0.15, 0.2) is 65.8 Å². The van der Waals surface area contributed by atoms with E-state index in [0.29, 0.717) is 5.75 Å². The van der Waals surface area contributed by atoms with Crippen molar-refractivity contribution in [2.75, 3.05) is 6.61 Å². The van der Waals surface area contributed by atoms with Gasteiger partial charge in [0.2, 0.25) is 0 Å². The predicted octanol–water partition coefficient (Wildman–Crippen LogP) is 3.60. The van der Waals surface area contributed by atoms with Gasteiger partial charge in [0.1, 0.15) is 11.5 Å². The number of nitrogens with one attached hydrogen (secondary N) is 2. The summed E-state index contributed by atoms with van der Waals surface area (Å²) < 4.78 is 5.46. The highest BCUT2D eigenvalue weighted by molar-refractivity contribution is 6.01. The van der Waals surface area contributed by atoms with Gasteiger partial charge in [-0.1, -0.05) is 24.3 Å². The van der Waals surface area contributed by atoms with Crippen molar-refractivity contribution in [2.45, 2.75) is 26.3 Å². The molecule has 160 valence electrons. The first-order chi connectivity index (χ1) is 14.7. The molecule has 2 amide bonds. The zero-order chi connectivity index (χ0) is 22.4. The molecule has 0 aliphatic heterocycles. The van der Waals surface area contributed by atoms with Crippen molar-refractivity contribution in [3.8, 4) is 11.5 Å². The molecule has 31 heavy (non-hydrogen) atoms. The monoisotopic (exact) mass is 419 g/mol. The third-order valence-corrected chi connectivity index (χ3v) is 4.25. The van der Waals surface area contributed by atoms with Crippen molar-refractivity contribution in [2.24, 2.45) is 5.10 Å². The van der Waals surface area contributed by atoms with E-state index in [1.165, 1.54) is 6.21 Å². The molecule has 7 heteroatoms. The number of benzene rings is 3. The maximum Gasteiger partial charge on any atom is 0.275 e. The van der Waals surface area contributed by atoms with Gasteiger partial charge < -0.3 is 15.2 Å². The normalized spacial score (nSPS) is 11.5. The van der Waals surface area contributed by atoms with Crippen LogP contribution in [-0.2, 0) is 4.79 Å². The highest BCUT2D eigenvalue weighted by Gasteiger charge is 2.14. The lowest BCUT2D eigenvalue weighted by Gasteiger charge is -2.20. The molecule has 0 saturated heterocycles. The summed E-state index contributed by atoms with van der Waals surface area (Å²) in [5.41, 5.74) is 2.98. The molecule has 0 saturated carbocycles. The smallest absolute Gasteiger partial charge is 0.275 e. The van der Waals surface area contributed by atoms with E-state index < -0.39 is 5.91 Å². The zero-order valence-corrected chi connectivity index (χ0v) is 17.7. The van der Waals surface area contributed by atoms with Crippen molar-refractivity contribution in [1.29, 1.82) is 0 Å². The molecule has 0 heterocycles. The van der Waals surface area contributed by atoms with Gasteiger partial charge in [0.15, 0.2) is 6.61 Å². The van der Waals surface area contributed by atoms with Gasteiger partial charge in [-0.15, -0.1) is 0 Å². The number of ether oxygens (including phenoxy) is 1. The Labute approximate surface area is 180 Å². The largest absolute Gasteiger partial charge is 0.507 e. The first-order valence-electron chi connectivity index (χ1n) is 9.80. The number of carbonyl (C=O) groups excluding carboxylic acids is 2. The lowest BCUT2D eigenvalue weighted by atomic mass is 10.1. The van der Waals surface area contributed by atoms with E-state index in [-0.39, 0.29) is 29.4 Å². The number of nitrogens with zero attached hydrogens (tertiary/aromatic N) is 1. The Morgan fingerprint density at radius 1 is 1.03 bits per heavy atom. The summed E-state index contributed by atoms with van der Waals surface area (Å²) in [6, 6.07) is 17.6. The second kappa shape index (κ2) is 9.30. The van der Waals surface area contributed by atoms with Gasteiger partial charge in [0.05, 0.1) is 11.8 Å². The first-order valence-corrected chi connectivity index (χ1v) is 9.80. The summed E-state index contributed by atoms with van der Waals surface area (Å²) >= 11 is 0. The van der Waals surface area contributed by atoms with Crippen molar-refractivity contribution >= 4 is 28.8 Å². The molecular weight excluding hydrogens is 394 g/mol. The van der Waals surface area contributed by atoms with Crippen LogP contribution in [0.5, 0.6) is 11.5 Å². The van der Waals surface area contributed by atoms with Crippen LogP contribution in [0.2, 0.25) is 0 Å². The van der Waals surface area contributed by atoms with Crippen molar-refractivity contribution in [3.05, 3.63) is 71.8 Å². The standard InChI is InChI=1S/C24H25N3O4/c1-24(2,3)26-22(29)15-31-19-10-8-16(9-11-19)14-25-27-23(30)20-12-17-6-4-5-7-18(17)13-21(20)28/h4-14,28H,15H2,1-3H3,(H,26,29)(H,27,30)/b25-14-. The van der Waals surface area contributed by atoms with Gasteiger partial charge in [-0.2, -0.15) is 5.10 Å². The van der Waals surface area contributed by atoms with Crippen LogP contribution in [0, 0.1) is 0 Å². The quantitative estimate of drug-likeness (QED) is 0.420. The second-order valence-corrected chi connectivity index (χ2v) is 8.07. The molecule has 0 radical (unpaired) electrons. The third-order valence-electron chi connectivity index (χ3n) is 4.25. The van der Waals surface area contributed by atoms with E-state index in [0.717, 1.165) is 16.3 Å². The molecule has 0 fully saturated rings. The molecule has 0 aliphatic carbocycles. The molecule has 3 N–H and O–H groups in total. The maximum absolute atomic E-state index is 12.4. The van der Waals surface area contributed by atoms with Crippen LogP contribution in [-0.4, -0.2) is 35.3 Å². The van der Waals surface area contributed by atoms with Crippen molar-refractivity contribution < 1.29 is 19.4 Å². The lowest BCUT2D eigenvalue weighted by Crippen LogP contribution is -2.43. The van der Waals surface area contributed by atoms with E-state index in [4.69, 9.17) is 4.74 Å². The van der Waals surface area contributed by atoms with Crippen molar-refractivity contribution in [1.82, 2.24) is 10.7 Å². The van der Waals surface area contributed by atoms with E-state index >= 15 is 0 Å². The molecule has 0 bridgehead atoms. The average molecular weight is 419 g/mol. The Bertz CT molecular complexity index is 1120. The number of aromatic hydroxyl groups is 1. The molecule has 0 spiro atoms. The Morgan fingerprint density at radius 3 is 2.32 bits per heavy atom. The van der Waals surface area contributed by atoms with Crippen LogP contribution in [0.3, 0.4) is 0 Å². The van der Waals surface area contributed by atoms with Gasteiger partial charge in [0.25, 0.3) is 11.8 Å². The van der Waals surface area contributed by atoms with Gasteiger partial charge in [-0.25, -0.2) is 5.43 Å². The van der Waals surface area contributed by atoms with Crippen LogP contribution in [0.1, 0.15) is 36.7 Å². The minimum atomic E-state index is -0.510. The number of hydrazone groups is 1. The summed E-state index contributed by atoms with van der Waals surface area (Å²) in [5.74, 6) is -0.267. The van der Waals surface area contributed by atoms with Crippen LogP contribution in [0.25, 0.3) is 10.8 Å². The molecule has 0 unspecified atom stereocenters. The summed E-state index contributed by atoms with van der Waals surface area (Å²) in [6.07, 6.45) is 1.48. The van der Waals surface area contributed by atoms with Crippen molar-refractivity contribution in [3.63, 3.8) is 0 Å². The summed E-state index contributed by atoms with van der Waals surface area (Å²) in [4.78, 5) is 24.2. The van der Waals surface area contributed by atoms with Gasteiger partial charge in [-0.3, -0.25) is 9.59 Å². The summed E-state index contributed by atoms with van der Waals surface area (Å²) in [5, 5.41) is 18.6. The van der Waals surface area contributed by atoms with Crippen LogP contribution >= 0.6 is 0 Å². The van der Waals surface area contributed by atoms with E-state index in [2.05, 4.69) is 15.8 Å². The maximum atomic E-state index is 12.4. The molecule has 3 rings (SSSR count). The number of hydrogen-bond acceptors (Lipinski definition) is 5. The highest BCUT2D eigenvalue weighted by Crippen LogP contribution is 2.24. The number of phenols is 1. The number of amides is 2. The van der Waals surface area contributed by atoms with E-state index in [9.17, 15) is 14.7 Å². The minimum Gasteiger partial charge on any atom is -0.507 e. The number of hydrogen-bond donors (Lipinski definition) is 3. The summed E-state index contributed by atoms with van der Waals surface area (Å²) in [7, 11) is 0. The number of fused-ring (bicyclic) bond motifs is 1.